The fourth-order valence-corrected chi connectivity index (χ4v) is 3.04. The van der Waals surface area contributed by atoms with E-state index in [4.69, 9.17) is 0 Å². The Labute approximate surface area is 67.5 Å². The average molecular weight is 169 g/mol. The summed E-state index contributed by atoms with van der Waals surface area (Å²) in [5, 5.41) is 3.56. The average Bonchev–Trinajstić information content (AvgIpc) is 2.40. The highest BCUT2D eigenvalue weighted by Gasteiger charge is 2.05. The van der Waals surface area contributed by atoms with Gasteiger partial charge in [-0.3, -0.25) is 0 Å². The SMILES string of the molecule is Cc1csc2snc(C)c12. The van der Waals surface area contributed by atoms with Gasteiger partial charge in [0.2, 0.25) is 0 Å². The maximum Gasteiger partial charge on any atom is 0.108 e. The van der Waals surface area contributed by atoms with Crippen LogP contribution in [-0.4, -0.2) is 4.37 Å². The molecule has 0 radical (unpaired) electrons. The van der Waals surface area contributed by atoms with E-state index in [1.54, 1.807) is 22.9 Å². The first-order chi connectivity index (χ1) is 4.79. The van der Waals surface area contributed by atoms with E-state index < -0.39 is 0 Å². The van der Waals surface area contributed by atoms with Gasteiger partial charge in [-0.05, 0) is 36.3 Å². The zero-order valence-electron chi connectivity index (χ0n) is 5.84. The van der Waals surface area contributed by atoms with Crippen LogP contribution in [0.2, 0.25) is 0 Å². The molecule has 3 heteroatoms. The Morgan fingerprint density at radius 2 is 2.20 bits per heavy atom. The van der Waals surface area contributed by atoms with Gasteiger partial charge in [-0.15, -0.1) is 11.3 Å². The van der Waals surface area contributed by atoms with Crippen molar-refractivity contribution in [3.63, 3.8) is 0 Å². The van der Waals surface area contributed by atoms with Crippen molar-refractivity contribution < 1.29 is 0 Å². The van der Waals surface area contributed by atoms with E-state index in [1.165, 1.54) is 20.7 Å². The Hall–Kier alpha value is -0.410. The number of rotatable bonds is 0. The topological polar surface area (TPSA) is 12.9 Å². The lowest BCUT2D eigenvalue weighted by molar-refractivity contribution is 1.36. The molecule has 0 spiro atoms. The predicted octanol–water partition coefficient (Wildman–Crippen LogP) is 2.97. The first kappa shape index (κ1) is 6.31. The normalized spacial score (nSPS) is 11.0. The summed E-state index contributed by atoms with van der Waals surface area (Å²) in [6.07, 6.45) is 0. The number of fused-ring (bicyclic) bond motifs is 1. The summed E-state index contributed by atoms with van der Waals surface area (Å²) in [5.41, 5.74) is 2.55. The van der Waals surface area contributed by atoms with E-state index in [2.05, 4.69) is 23.6 Å². The summed E-state index contributed by atoms with van der Waals surface area (Å²) in [6, 6.07) is 0. The van der Waals surface area contributed by atoms with Crippen LogP contribution in [-0.2, 0) is 0 Å². The summed E-state index contributed by atoms with van der Waals surface area (Å²) in [4.78, 5) is 0. The molecule has 0 aliphatic rings. The van der Waals surface area contributed by atoms with Gasteiger partial charge >= 0.3 is 0 Å². The third-order valence-electron chi connectivity index (χ3n) is 1.57. The number of nitrogens with zero attached hydrogens (tertiary/aromatic N) is 1. The lowest BCUT2D eigenvalue weighted by Gasteiger charge is -1.82. The van der Waals surface area contributed by atoms with Gasteiger partial charge in [0.15, 0.2) is 0 Å². The number of aryl methyl sites for hydroxylation is 2. The van der Waals surface area contributed by atoms with Crippen molar-refractivity contribution in [1.82, 2.24) is 4.37 Å². The van der Waals surface area contributed by atoms with E-state index >= 15 is 0 Å². The van der Waals surface area contributed by atoms with Crippen LogP contribution in [0.25, 0.3) is 9.40 Å². The van der Waals surface area contributed by atoms with E-state index in [0.29, 0.717) is 0 Å². The van der Waals surface area contributed by atoms with Gasteiger partial charge in [0.1, 0.15) is 4.01 Å². The van der Waals surface area contributed by atoms with Gasteiger partial charge in [-0.25, -0.2) is 0 Å². The van der Waals surface area contributed by atoms with E-state index in [1.807, 2.05) is 0 Å². The molecule has 2 aromatic rings. The molecule has 2 rings (SSSR count). The molecule has 0 amide bonds. The highest BCUT2D eigenvalue weighted by atomic mass is 32.2. The van der Waals surface area contributed by atoms with E-state index in [0.717, 1.165) is 0 Å². The summed E-state index contributed by atoms with van der Waals surface area (Å²) < 4.78 is 5.63. The molecule has 0 atom stereocenters. The fourth-order valence-electron chi connectivity index (χ4n) is 1.08. The minimum absolute atomic E-state index is 1.18. The van der Waals surface area contributed by atoms with E-state index in [9.17, 15) is 0 Å². The molecular weight excluding hydrogens is 162 g/mol. The predicted molar refractivity (Wildman–Crippen MR) is 47.0 cm³/mol. The van der Waals surface area contributed by atoms with Crippen molar-refractivity contribution >= 4 is 32.3 Å². The second-order valence-electron chi connectivity index (χ2n) is 2.35. The minimum Gasteiger partial charge on any atom is -0.196 e. The smallest absolute Gasteiger partial charge is 0.108 e. The molecule has 0 aliphatic heterocycles. The van der Waals surface area contributed by atoms with E-state index in [-0.39, 0.29) is 0 Å². The molecule has 0 N–H and O–H groups in total. The summed E-state index contributed by atoms with van der Waals surface area (Å²) in [5.74, 6) is 0. The van der Waals surface area contributed by atoms with Crippen LogP contribution in [0, 0.1) is 13.8 Å². The molecule has 0 aliphatic carbocycles. The zero-order chi connectivity index (χ0) is 7.14. The Bertz CT molecular complexity index is 327. The quantitative estimate of drug-likeness (QED) is 0.591. The standard InChI is InChI=1S/C7H7NS2/c1-4-3-9-7-6(4)5(2)8-10-7/h3H,1-2H3. The fraction of sp³-hybridized carbons (Fsp3) is 0.286. The van der Waals surface area contributed by atoms with Gasteiger partial charge in [-0.1, -0.05) is 0 Å². The van der Waals surface area contributed by atoms with Crippen molar-refractivity contribution in [3.8, 4) is 0 Å². The lowest BCUT2D eigenvalue weighted by atomic mass is 10.2. The first-order valence-electron chi connectivity index (χ1n) is 3.09. The van der Waals surface area contributed by atoms with Crippen LogP contribution < -0.4 is 0 Å². The molecule has 0 unspecified atom stereocenters. The minimum atomic E-state index is 1.18. The first-order valence-corrected chi connectivity index (χ1v) is 4.74. The number of aromatic nitrogens is 1. The Balaban J connectivity index is 2.98. The van der Waals surface area contributed by atoms with Crippen molar-refractivity contribution in [2.24, 2.45) is 0 Å². The highest BCUT2D eigenvalue weighted by molar-refractivity contribution is 7.35. The molecule has 52 valence electrons. The summed E-state index contributed by atoms with van der Waals surface area (Å²) >= 11 is 3.39. The van der Waals surface area contributed by atoms with Crippen LogP contribution >= 0.6 is 22.9 Å². The number of hydrogen-bond donors (Lipinski definition) is 0. The summed E-state index contributed by atoms with van der Waals surface area (Å²) in [7, 11) is 0. The van der Waals surface area contributed by atoms with Crippen LogP contribution in [0.5, 0.6) is 0 Å². The maximum absolute atomic E-state index is 4.27. The second-order valence-corrected chi connectivity index (χ2v) is 4.26. The van der Waals surface area contributed by atoms with Gasteiger partial charge < -0.3 is 0 Å². The van der Waals surface area contributed by atoms with Gasteiger partial charge in [0.25, 0.3) is 0 Å². The Kier molecular flexibility index (Phi) is 1.28. The third-order valence-corrected chi connectivity index (χ3v) is 3.71. The Morgan fingerprint density at radius 3 is 2.90 bits per heavy atom. The lowest BCUT2D eigenvalue weighted by Crippen LogP contribution is -1.68. The van der Waals surface area contributed by atoms with Crippen molar-refractivity contribution in [2.75, 3.05) is 0 Å². The molecule has 0 saturated carbocycles. The molecule has 2 heterocycles. The molecule has 2 aromatic heterocycles. The van der Waals surface area contributed by atoms with Crippen LogP contribution in [0.1, 0.15) is 11.3 Å². The van der Waals surface area contributed by atoms with Crippen molar-refractivity contribution in [3.05, 3.63) is 16.6 Å². The van der Waals surface area contributed by atoms with Crippen molar-refractivity contribution in [1.29, 1.82) is 0 Å². The molecular formula is C7H7NS2. The summed E-state index contributed by atoms with van der Waals surface area (Å²) in [6.45, 7) is 4.21. The number of hydrogen-bond acceptors (Lipinski definition) is 3. The molecule has 0 fully saturated rings. The molecule has 1 nitrogen and oxygen atoms in total. The van der Waals surface area contributed by atoms with Crippen LogP contribution in [0.15, 0.2) is 5.38 Å². The van der Waals surface area contributed by atoms with Crippen molar-refractivity contribution in [2.45, 2.75) is 13.8 Å². The van der Waals surface area contributed by atoms with Gasteiger partial charge in [-0.2, -0.15) is 4.37 Å². The van der Waals surface area contributed by atoms with Crippen LogP contribution in [0.3, 0.4) is 0 Å². The molecule has 0 aromatic carbocycles. The Morgan fingerprint density at radius 1 is 1.40 bits per heavy atom. The highest BCUT2D eigenvalue weighted by Crippen LogP contribution is 2.30. The molecule has 0 saturated heterocycles. The largest absolute Gasteiger partial charge is 0.196 e. The second kappa shape index (κ2) is 2.04. The third kappa shape index (κ3) is 0.707. The van der Waals surface area contributed by atoms with Crippen LogP contribution in [0.4, 0.5) is 0 Å². The van der Waals surface area contributed by atoms with Gasteiger partial charge in [0.05, 0.1) is 5.69 Å². The molecule has 0 bridgehead atoms. The maximum atomic E-state index is 4.27. The van der Waals surface area contributed by atoms with Gasteiger partial charge in [0, 0.05) is 5.39 Å². The number of thiophene rings is 1. The zero-order valence-corrected chi connectivity index (χ0v) is 7.47. The monoisotopic (exact) mass is 169 g/mol. The molecule has 10 heavy (non-hydrogen) atoms.